The van der Waals surface area contributed by atoms with E-state index in [2.05, 4.69) is 4.74 Å². The minimum Gasteiger partial charge on any atom is -0.468 e. The predicted molar refractivity (Wildman–Crippen MR) is 45.0 cm³/mol. The van der Waals surface area contributed by atoms with Crippen LogP contribution in [0.5, 0.6) is 0 Å². The SMILES string of the molecule is COC(=O)C1(N)CCC(CO)OC1. The van der Waals surface area contributed by atoms with Gasteiger partial charge in [0, 0.05) is 0 Å². The van der Waals surface area contributed by atoms with E-state index in [-0.39, 0.29) is 19.3 Å². The van der Waals surface area contributed by atoms with Gasteiger partial charge in [0.05, 0.1) is 26.4 Å². The fraction of sp³-hybridized carbons (Fsp3) is 0.875. The summed E-state index contributed by atoms with van der Waals surface area (Å²) < 4.78 is 9.74. The zero-order valence-electron chi connectivity index (χ0n) is 7.66. The molecule has 1 saturated heterocycles. The summed E-state index contributed by atoms with van der Waals surface area (Å²) in [6.07, 6.45) is 0.883. The summed E-state index contributed by atoms with van der Waals surface area (Å²) in [6, 6.07) is 0. The van der Waals surface area contributed by atoms with E-state index in [1.54, 1.807) is 0 Å². The molecule has 2 unspecified atom stereocenters. The predicted octanol–water partition coefficient (Wildman–Crippen LogP) is -0.972. The lowest BCUT2D eigenvalue weighted by Gasteiger charge is -2.33. The number of nitrogens with two attached hydrogens (primary N) is 1. The molecular weight excluding hydrogens is 174 g/mol. The maximum Gasteiger partial charge on any atom is 0.328 e. The first kappa shape index (κ1) is 10.4. The Morgan fingerprint density at radius 3 is 2.92 bits per heavy atom. The summed E-state index contributed by atoms with van der Waals surface area (Å²) in [5, 5.41) is 8.78. The molecule has 0 spiro atoms. The van der Waals surface area contributed by atoms with Gasteiger partial charge in [0.15, 0.2) is 0 Å². The van der Waals surface area contributed by atoms with Crippen LogP contribution < -0.4 is 5.73 Å². The van der Waals surface area contributed by atoms with Crippen LogP contribution in [0.15, 0.2) is 0 Å². The van der Waals surface area contributed by atoms with Gasteiger partial charge in [0.1, 0.15) is 5.54 Å². The van der Waals surface area contributed by atoms with Crippen molar-refractivity contribution in [2.45, 2.75) is 24.5 Å². The molecule has 13 heavy (non-hydrogen) atoms. The van der Waals surface area contributed by atoms with E-state index in [0.29, 0.717) is 12.8 Å². The molecule has 0 radical (unpaired) electrons. The number of ether oxygens (including phenoxy) is 2. The van der Waals surface area contributed by atoms with Gasteiger partial charge in [0.25, 0.3) is 0 Å². The number of hydrogen-bond acceptors (Lipinski definition) is 5. The van der Waals surface area contributed by atoms with Crippen molar-refractivity contribution in [3.8, 4) is 0 Å². The largest absolute Gasteiger partial charge is 0.468 e. The Hall–Kier alpha value is -0.650. The molecule has 5 nitrogen and oxygen atoms in total. The molecule has 1 fully saturated rings. The van der Waals surface area contributed by atoms with Crippen LogP contribution in [0.2, 0.25) is 0 Å². The molecule has 1 aliphatic rings. The van der Waals surface area contributed by atoms with Crippen LogP contribution in [0.25, 0.3) is 0 Å². The molecule has 0 aromatic rings. The normalized spacial score (nSPS) is 34.2. The minimum atomic E-state index is -1.03. The Labute approximate surface area is 76.8 Å². The van der Waals surface area contributed by atoms with Crippen molar-refractivity contribution in [2.75, 3.05) is 20.3 Å². The molecule has 0 amide bonds. The Morgan fingerprint density at radius 2 is 2.54 bits per heavy atom. The van der Waals surface area contributed by atoms with Crippen molar-refractivity contribution < 1.29 is 19.4 Å². The molecule has 0 aliphatic carbocycles. The first-order chi connectivity index (χ1) is 6.12. The van der Waals surface area contributed by atoms with E-state index >= 15 is 0 Å². The molecular formula is C8H15NO4. The van der Waals surface area contributed by atoms with Crippen molar-refractivity contribution in [1.29, 1.82) is 0 Å². The number of carbonyl (C=O) groups excluding carboxylic acids is 1. The van der Waals surface area contributed by atoms with Crippen LogP contribution in [0.4, 0.5) is 0 Å². The number of esters is 1. The molecule has 1 aliphatic heterocycles. The smallest absolute Gasteiger partial charge is 0.328 e. The third-order valence-corrected chi connectivity index (χ3v) is 2.28. The number of methoxy groups -OCH3 is 1. The summed E-state index contributed by atoms with van der Waals surface area (Å²) in [5.74, 6) is -0.455. The topological polar surface area (TPSA) is 81.8 Å². The monoisotopic (exact) mass is 189 g/mol. The van der Waals surface area contributed by atoms with E-state index in [9.17, 15) is 4.79 Å². The number of carbonyl (C=O) groups is 1. The number of rotatable bonds is 2. The number of aliphatic hydroxyl groups is 1. The molecule has 0 aromatic heterocycles. The lowest BCUT2D eigenvalue weighted by atomic mass is 9.91. The Kier molecular flexibility index (Phi) is 3.24. The van der Waals surface area contributed by atoms with Crippen LogP contribution in [-0.2, 0) is 14.3 Å². The Balaban J connectivity index is 2.51. The first-order valence-corrected chi connectivity index (χ1v) is 4.22. The van der Waals surface area contributed by atoms with Crippen LogP contribution in [0.3, 0.4) is 0 Å². The number of aliphatic hydroxyl groups excluding tert-OH is 1. The maximum atomic E-state index is 11.2. The highest BCUT2D eigenvalue weighted by atomic mass is 16.5. The third kappa shape index (κ3) is 2.18. The average molecular weight is 189 g/mol. The van der Waals surface area contributed by atoms with E-state index in [1.165, 1.54) is 7.11 Å². The number of hydrogen-bond donors (Lipinski definition) is 2. The summed E-state index contributed by atoms with van der Waals surface area (Å²) in [6.45, 7) is 0.0855. The van der Waals surface area contributed by atoms with Crippen molar-refractivity contribution in [3.63, 3.8) is 0 Å². The molecule has 3 N–H and O–H groups in total. The highest BCUT2D eigenvalue weighted by molar-refractivity contribution is 5.80. The van der Waals surface area contributed by atoms with E-state index < -0.39 is 11.5 Å². The van der Waals surface area contributed by atoms with Crippen LogP contribution >= 0.6 is 0 Å². The molecule has 5 heteroatoms. The molecule has 76 valence electrons. The summed E-state index contributed by atoms with van der Waals surface area (Å²) in [5.41, 5.74) is 4.72. The van der Waals surface area contributed by atoms with E-state index in [1.807, 2.05) is 0 Å². The third-order valence-electron chi connectivity index (χ3n) is 2.28. The van der Waals surface area contributed by atoms with Gasteiger partial charge in [-0.1, -0.05) is 0 Å². The van der Waals surface area contributed by atoms with Crippen molar-refractivity contribution in [2.24, 2.45) is 5.73 Å². The van der Waals surface area contributed by atoms with Gasteiger partial charge < -0.3 is 20.3 Å². The summed E-state index contributed by atoms with van der Waals surface area (Å²) in [7, 11) is 1.30. The molecule has 0 bridgehead atoms. The quantitative estimate of drug-likeness (QED) is 0.546. The molecule has 0 aromatic carbocycles. The Bertz CT molecular complexity index is 187. The highest BCUT2D eigenvalue weighted by Gasteiger charge is 2.39. The van der Waals surface area contributed by atoms with Crippen LogP contribution in [0.1, 0.15) is 12.8 Å². The van der Waals surface area contributed by atoms with Gasteiger partial charge in [-0.2, -0.15) is 0 Å². The Morgan fingerprint density at radius 1 is 1.85 bits per heavy atom. The molecule has 1 rings (SSSR count). The van der Waals surface area contributed by atoms with Gasteiger partial charge in [-0.05, 0) is 12.8 Å². The zero-order chi connectivity index (χ0) is 9.90. The van der Waals surface area contributed by atoms with Crippen molar-refractivity contribution in [1.82, 2.24) is 0 Å². The van der Waals surface area contributed by atoms with E-state index in [4.69, 9.17) is 15.6 Å². The van der Waals surface area contributed by atoms with Gasteiger partial charge in [-0.3, -0.25) is 0 Å². The van der Waals surface area contributed by atoms with Gasteiger partial charge in [-0.25, -0.2) is 4.79 Å². The zero-order valence-corrected chi connectivity index (χ0v) is 7.66. The second-order valence-corrected chi connectivity index (χ2v) is 3.30. The molecule has 2 atom stereocenters. The standard InChI is InChI=1S/C8H15NO4/c1-12-7(11)8(9)3-2-6(4-10)13-5-8/h6,10H,2-5,9H2,1H3. The van der Waals surface area contributed by atoms with Crippen molar-refractivity contribution in [3.05, 3.63) is 0 Å². The second kappa shape index (κ2) is 4.04. The van der Waals surface area contributed by atoms with E-state index in [0.717, 1.165) is 0 Å². The highest BCUT2D eigenvalue weighted by Crippen LogP contribution is 2.21. The molecule has 1 heterocycles. The van der Waals surface area contributed by atoms with Gasteiger partial charge in [-0.15, -0.1) is 0 Å². The van der Waals surface area contributed by atoms with Crippen molar-refractivity contribution >= 4 is 5.97 Å². The average Bonchev–Trinajstić information content (AvgIpc) is 2.18. The van der Waals surface area contributed by atoms with Gasteiger partial charge >= 0.3 is 5.97 Å². The lowest BCUT2D eigenvalue weighted by Crippen LogP contribution is -2.56. The first-order valence-electron chi connectivity index (χ1n) is 4.22. The van der Waals surface area contributed by atoms with Crippen LogP contribution in [0, 0.1) is 0 Å². The van der Waals surface area contributed by atoms with Gasteiger partial charge in [0.2, 0.25) is 0 Å². The fourth-order valence-electron chi connectivity index (χ4n) is 1.35. The fourth-order valence-corrected chi connectivity index (χ4v) is 1.35. The van der Waals surface area contributed by atoms with Crippen LogP contribution in [-0.4, -0.2) is 43.0 Å². The molecule has 0 saturated carbocycles. The maximum absolute atomic E-state index is 11.2. The second-order valence-electron chi connectivity index (χ2n) is 3.30. The minimum absolute atomic E-state index is 0.0305. The summed E-state index contributed by atoms with van der Waals surface area (Å²) in [4.78, 5) is 11.2. The summed E-state index contributed by atoms with van der Waals surface area (Å²) >= 11 is 0. The lowest BCUT2D eigenvalue weighted by molar-refractivity contribution is -0.155.